The van der Waals surface area contributed by atoms with E-state index in [9.17, 15) is 4.79 Å². The molecule has 0 aromatic rings. The van der Waals surface area contributed by atoms with Gasteiger partial charge >= 0.3 is 0 Å². The van der Waals surface area contributed by atoms with Crippen LogP contribution in [0.25, 0.3) is 0 Å². The second-order valence-corrected chi connectivity index (χ2v) is 4.85. The first-order chi connectivity index (χ1) is 6.84. The molecule has 2 aliphatic carbocycles. The normalized spacial score (nSPS) is 29.6. The average Bonchev–Trinajstić information content (AvgIpc) is 2.15. The van der Waals surface area contributed by atoms with Crippen molar-refractivity contribution in [2.75, 3.05) is 0 Å². The summed E-state index contributed by atoms with van der Waals surface area (Å²) in [6.07, 6.45) is 13.2. The Morgan fingerprint density at radius 1 is 1.00 bits per heavy atom. The fraction of sp³-hybridized carbons (Fsp3) is 0.769. The van der Waals surface area contributed by atoms with Crippen LogP contribution in [-0.4, -0.2) is 5.78 Å². The van der Waals surface area contributed by atoms with E-state index >= 15 is 0 Å². The van der Waals surface area contributed by atoms with Gasteiger partial charge in [0.15, 0.2) is 5.78 Å². The molecule has 0 saturated heterocycles. The summed E-state index contributed by atoms with van der Waals surface area (Å²) in [4.78, 5) is 11.5. The summed E-state index contributed by atoms with van der Waals surface area (Å²) in [7, 11) is 0. The third-order valence-corrected chi connectivity index (χ3v) is 3.52. The zero-order valence-corrected chi connectivity index (χ0v) is 8.93. The van der Waals surface area contributed by atoms with Gasteiger partial charge in [0.2, 0.25) is 0 Å². The molecule has 0 aliphatic heterocycles. The van der Waals surface area contributed by atoms with Gasteiger partial charge in [-0.05, 0) is 37.7 Å². The quantitative estimate of drug-likeness (QED) is 0.572. The lowest BCUT2D eigenvalue weighted by Gasteiger charge is -2.23. The van der Waals surface area contributed by atoms with E-state index in [1.165, 1.54) is 56.9 Å². The fourth-order valence-corrected chi connectivity index (χ4v) is 2.77. The van der Waals surface area contributed by atoms with Gasteiger partial charge in [-0.25, -0.2) is 0 Å². The van der Waals surface area contributed by atoms with E-state index in [1.807, 2.05) is 6.08 Å². The Kier molecular flexibility index (Phi) is 3.39. The Labute approximate surface area is 86.6 Å². The summed E-state index contributed by atoms with van der Waals surface area (Å²) in [6, 6.07) is 0. The molecule has 2 rings (SSSR count). The number of hydrogen-bond donors (Lipinski definition) is 0. The van der Waals surface area contributed by atoms with Crippen molar-refractivity contribution in [3.05, 3.63) is 11.6 Å². The molecule has 78 valence electrons. The van der Waals surface area contributed by atoms with Crippen molar-refractivity contribution in [3.63, 3.8) is 0 Å². The van der Waals surface area contributed by atoms with Crippen LogP contribution in [0, 0.1) is 5.92 Å². The molecule has 0 spiro atoms. The fourth-order valence-electron chi connectivity index (χ4n) is 2.77. The minimum absolute atomic E-state index is 0.386. The van der Waals surface area contributed by atoms with Gasteiger partial charge in [-0.2, -0.15) is 0 Å². The third kappa shape index (κ3) is 2.70. The van der Waals surface area contributed by atoms with Gasteiger partial charge in [0, 0.05) is 6.42 Å². The summed E-state index contributed by atoms with van der Waals surface area (Å²) in [5, 5.41) is 0. The molecule has 1 heteroatoms. The van der Waals surface area contributed by atoms with E-state index in [1.54, 1.807) is 0 Å². The van der Waals surface area contributed by atoms with Crippen LogP contribution >= 0.6 is 0 Å². The van der Waals surface area contributed by atoms with E-state index in [2.05, 4.69) is 0 Å². The summed E-state index contributed by atoms with van der Waals surface area (Å²) < 4.78 is 0. The van der Waals surface area contributed by atoms with Crippen molar-refractivity contribution in [2.24, 2.45) is 5.92 Å². The van der Waals surface area contributed by atoms with Gasteiger partial charge in [0.05, 0.1) is 0 Å². The maximum absolute atomic E-state index is 11.5. The summed E-state index contributed by atoms with van der Waals surface area (Å²) in [6.45, 7) is 0. The lowest BCUT2D eigenvalue weighted by Crippen LogP contribution is -2.14. The number of rotatable bonds is 0. The SMILES string of the molecule is O=C1C=C2CCCCCCCC(C1)C2. The second-order valence-electron chi connectivity index (χ2n) is 4.85. The Balaban J connectivity index is 2.01. The number of ketones is 1. The highest BCUT2D eigenvalue weighted by molar-refractivity contribution is 5.91. The van der Waals surface area contributed by atoms with Crippen LogP contribution in [0.5, 0.6) is 0 Å². The van der Waals surface area contributed by atoms with Gasteiger partial charge in [0.25, 0.3) is 0 Å². The van der Waals surface area contributed by atoms with E-state index < -0.39 is 0 Å². The van der Waals surface area contributed by atoms with Gasteiger partial charge in [0.1, 0.15) is 0 Å². The van der Waals surface area contributed by atoms with Crippen molar-refractivity contribution >= 4 is 5.78 Å². The number of carbonyl (C=O) groups is 1. The predicted molar refractivity (Wildman–Crippen MR) is 58.1 cm³/mol. The molecule has 0 N–H and O–H groups in total. The molecule has 2 aliphatic rings. The zero-order valence-electron chi connectivity index (χ0n) is 8.93. The van der Waals surface area contributed by atoms with Crippen molar-refractivity contribution < 1.29 is 4.79 Å². The summed E-state index contributed by atoms with van der Waals surface area (Å²) in [5.74, 6) is 1.07. The lowest BCUT2D eigenvalue weighted by molar-refractivity contribution is -0.116. The maximum atomic E-state index is 11.5. The number of carbonyl (C=O) groups excluding carboxylic acids is 1. The van der Waals surface area contributed by atoms with E-state index in [0.29, 0.717) is 11.7 Å². The molecular formula is C13H20O. The second kappa shape index (κ2) is 4.77. The van der Waals surface area contributed by atoms with Crippen molar-refractivity contribution in [1.82, 2.24) is 0 Å². The summed E-state index contributed by atoms with van der Waals surface area (Å²) in [5.41, 5.74) is 1.44. The van der Waals surface area contributed by atoms with Crippen LogP contribution in [0.3, 0.4) is 0 Å². The largest absolute Gasteiger partial charge is 0.295 e. The van der Waals surface area contributed by atoms with Gasteiger partial charge < -0.3 is 0 Å². The monoisotopic (exact) mass is 192 g/mol. The first-order valence-corrected chi connectivity index (χ1v) is 6.07. The number of allylic oxidation sites excluding steroid dienone is 2. The molecular weight excluding hydrogens is 172 g/mol. The first kappa shape index (κ1) is 9.95. The number of fused-ring (bicyclic) bond motifs is 2. The molecule has 1 unspecified atom stereocenters. The molecule has 1 fully saturated rings. The minimum atomic E-state index is 0.386. The van der Waals surface area contributed by atoms with Crippen LogP contribution in [0.1, 0.15) is 57.8 Å². The van der Waals surface area contributed by atoms with Gasteiger partial charge in [-0.15, -0.1) is 0 Å². The third-order valence-electron chi connectivity index (χ3n) is 3.52. The van der Waals surface area contributed by atoms with Crippen molar-refractivity contribution in [1.29, 1.82) is 0 Å². The minimum Gasteiger partial charge on any atom is -0.295 e. The highest BCUT2D eigenvalue weighted by Gasteiger charge is 2.20. The Morgan fingerprint density at radius 2 is 1.79 bits per heavy atom. The molecule has 0 amide bonds. The highest BCUT2D eigenvalue weighted by atomic mass is 16.1. The Hall–Kier alpha value is -0.590. The molecule has 14 heavy (non-hydrogen) atoms. The lowest BCUT2D eigenvalue weighted by atomic mass is 9.82. The molecule has 1 nitrogen and oxygen atoms in total. The topological polar surface area (TPSA) is 17.1 Å². The van der Waals surface area contributed by atoms with Crippen molar-refractivity contribution in [3.8, 4) is 0 Å². The van der Waals surface area contributed by atoms with Crippen molar-refractivity contribution in [2.45, 2.75) is 57.8 Å². The molecule has 1 atom stereocenters. The molecule has 0 heterocycles. The van der Waals surface area contributed by atoms with Crippen LogP contribution in [0.4, 0.5) is 0 Å². The Morgan fingerprint density at radius 3 is 2.71 bits per heavy atom. The van der Waals surface area contributed by atoms with Gasteiger partial charge in [-0.1, -0.05) is 31.3 Å². The van der Waals surface area contributed by atoms with Crippen LogP contribution in [-0.2, 0) is 4.79 Å². The maximum Gasteiger partial charge on any atom is 0.155 e. The van der Waals surface area contributed by atoms with Gasteiger partial charge in [-0.3, -0.25) is 4.79 Å². The smallest absolute Gasteiger partial charge is 0.155 e. The first-order valence-electron chi connectivity index (χ1n) is 6.07. The number of hydrogen-bond acceptors (Lipinski definition) is 1. The van der Waals surface area contributed by atoms with Crippen LogP contribution in [0.15, 0.2) is 11.6 Å². The van der Waals surface area contributed by atoms with E-state index in [0.717, 1.165) is 6.42 Å². The molecule has 1 saturated carbocycles. The zero-order chi connectivity index (χ0) is 9.80. The average molecular weight is 192 g/mol. The van der Waals surface area contributed by atoms with E-state index in [4.69, 9.17) is 0 Å². The molecule has 0 aromatic heterocycles. The highest BCUT2D eigenvalue weighted by Crippen LogP contribution is 2.30. The van der Waals surface area contributed by atoms with E-state index in [-0.39, 0.29) is 0 Å². The predicted octanol–water partition coefficient (Wildman–Crippen LogP) is 3.64. The standard InChI is InChI=1S/C13H20O/c14-13-9-11-6-4-2-1-3-5-7-12(8-11)10-13/h9,12H,1-8,10H2. The Bertz CT molecular complexity index is 240. The van der Waals surface area contributed by atoms with Crippen LogP contribution < -0.4 is 0 Å². The van der Waals surface area contributed by atoms with Crippen LogP contribution in [0.2, 0.25) is 0 Å². The molecule has 2 bridgehead atoms. The molecule has 0 aromatic carbocycles. The molecule has 0 radical (unpaired) electrons. The summed E-state index contributed by atoms with van der Waals surface area (Å²) >= 11 is 0.